The second-order valence-electron chi connectivity index (χ2n) is 10.6. The summed E-state index contributed by atoms with van der Waals surface area (Å²) < 4.78 is 5.67. The van der Waals surface area contributed by atoms with Crippen LogP contribution in [0.1, 0.15) is 55.6 Å². The van der Waals surface area contributed by atoms with Gasteiger partial charge in [0.05, 0.1) is 0 Å². The van der Waals surface area contributed by atoms with Gasteiger partial charge < -0.3 is 20.1 Å². The van der Waals surface area contributed by atoms with Crippen LogP contribution in [0.4, 0.5) is 4.79 Å². The molecular formula is C28H30N2O5. The first kappa shape index (κ1) is 22.1. The molecule has 0 aromatic heterocycles. The van der Waals surface area contributed by atoms with Crippen LogP contribution >= 0.6 is 0 Å². The zero-order valence-electron chi connectivity index (χ0n) is 19.6. The third kappa shape index (κ3) is 3.60. The lowest BCUT2D eigenvalue weighted by Crippen LogP contribution is -2.56. The molecule has 2 N–H and O–H groups in total. The summed E-state index contributed by atoms with van der Waals surface area (Å²) in [6.45, 7) is 0.851. The van der Waals surface area contributed by atoms with Crippen molar-refractivity contribution in [1.29, 1.82) is 0 Å². The largest absolute Gasteiger partial charge is 0.479 e. The van der Waals surface area contributed by atoms with Gasteiger partial charge in [-0.1, -0.05) is 48.5 Å². The Morgan fingerprint density at radius 3 is 2.14 bits per heavy atom. The minimum atomic E-state index is -0.960. The molecule has 35 heavy (non-hydrogen) atoms. The summed E-state index contributed by atoms with van der Waals surface area (Å²) in [5.74, 6) is -0.695. The summed E-state index contributed by atoms with van der Waals surface area (Å²) in [5.41, 5.74) is 3.79. The summed E-state index contributed by atoms with van der Waals surface area (Å²) in [7, 11) is 0. The van der Waals surface area contributed by atoms with Gasteiger partial charge in [0.25, 0.3) is 0 Å². The molecule has 0 spiro atoms. The van der Waals surface area contributed by atoms with E-state index in [9.17, 15) is 19.5 Å². The molecule has 4 fully saturated rings. The number of carboxylic acids is 1. The maximum Gasteiger partial charge on any atom is 0.407 e. The van der Waals surface area contributed by atoms with E-state index in [1.807, 2.05) is 24.3 Å². The molecule has 2 amide bonds. The number of amides is 2. The Morgan fingerprint density at radius 2 is 1.54 bits per heavy atom. The fourth-order valence-electron chi connectivity index (χ4n) is 6.78. The smallest absolute Gasteiger partial charge is 0.407 e. The van der Waals surface area contributed by atoms with Gasteiger partial charge >= 0.3 is 12.1 Å². The van der Waals surface area contributed by atoms with Gasteiger partial charge in [-0.15, -0.1) is 0 Å². The molecule has 0 radical (unpaired) electrons. The average Bonchev–Trinajstić information content (AvgIpc) is 3.51. The number of ether oxygens (including phenoxy) is 1. The number of rotatable bonds is 5. The van der Waals surface area contributed by atoms with Crippen molar-refractivity contribution < 1.29 is 24.2 Å². The Hall–Kier alpha value is -3.35. The third-order valence-corrected chi connectivity index (χ3v) is 8.62. The fraction of sp³-hybridized carbons (Fsp3) is 0.464. The van der Waals surface area contributed by atoms with E-state index in [0.717, 1.165) is 0 Å². The maximum absolute atomic E-state index is 13.1. The summed E-state index contributed by atoms with van der Waals surface area (Å²) in [6.07, 6.45) is 3.45. The molecule has 2 saturated heterocycles. The highest BCUT2D eigenvalue weighted by Gasteiger charge is 2.63. The van der Waals surface area contributed by atoms with Gasteiger partial charge in [-0.05, 0) is 66.7 Å². The van der Waals surface area contributed by atoms with Crippen LogP contribution in [0.2, 0.25) is 0 Å². The molecule has 2 aliphatic heterocycles. The Labute approximate surface area is 204 Å². The highest BCUT2D eigenvalue weighted by atomic mass is 16.5. The average molecular weight is 475 g/mol. The third-order valence-electron chi connectivity index (χ3n) is 8.62. The molecule has 2 aromatic rings. The number of nitrogens with one attached hydrogen (secondary N) is 1. The number of carboxylic acid groups (broad SMARTS) is 1. The quantitative estimate of drug-likeness (QED) is 0.679. The van der Waals surface area contributed by atoms with Gasteiger partial charge in [-0.3, -0.25) is 4.79 Å². The zero-order valence-corrected chi connectivity index (χ0v) is 19.6. The maximum atomic E-state index is 13.1. The number of aliphatic carboxylic acids is 1. The lowest BCUT2D eigenvalue weighted by molar-refractivity contribution is -0.160. The van der Waals surface area contributed by atoms with Gasteiger partial charge in [0.2, 0.25) is 5.91 Å². The minimum absolute atomic E-state index is 0.0213. The van der Waals surface area contributed by atoms with Gasteiger partial charge in [0.1, 0.15) is 12.1 Å². The monoisotopic (exact) mass is 474 g/mol. The molecule has 2 aromatic carbocycles. The van der Waals surface area contributed by atoms with Crippen molar-refractivity contribution in [3.63, 3.8) is 0 Å². The lowest BCUT2D eigenvalue weighted by atomic mass is 9.73. The van der Waals surface area contributed by atoms with Crippen molar-refractivity contribution in [1.82, 2.24) is 10.2 Å². The van der Waals surface area contributed by atoms with Crippen molar-refractivity contribution in [2.75, 3.05) is 13.2 Å². The molecule has 0 unspecified atom stereocenters. The second kappa shape index (κ2) is 8.40. The van der Waals surface area contributed by atoms with E-state index in [1.165, 1.54) is 22.3 Å². The summed E-state index contributed by atoms with van der Waals surface area (Å²) in [5, 5.41) is 12.6. The van der Waals surface area contributed by atoms with Crippen molar-refractivity contribution in [2.24, 2.45) is 11.8 Å². The highest BCUT2D eigenvalue weighted by Crippen LogP contribution is 2.51. The van der Waals surface area contributed by atoms with Crippen LogP contribution in [-0.4, -0.2) is 52.7 Å². The SMILES string of the molecule is O=C(NC1CCC(C(=O)N2CC3CC2(C(=O)O)C3)CC1)OCC1c2ccccc2-c2ccccc21. The van der Waals surface area contributed by atoms with Crippen LogP contribution < -0.4 is 5.32 Å². The van der Waals surface area contributed by atoms with E-state index < -0.39 is 17.6 Å². The zero-order chi connectivity index (χ0) is 24.2. The standard InChI is InChI=1S/C28H30N2O5/c31-25(30-15-17-13-28(30,14-17)26(32)33)18-9-11-19(12-10-18)29-27(34)35-16-24-22-7-3-1-5-20(22)21-6-2-4-8-23(21)24/h1-8,17-19,24H,9-16H2,(H,29,34)(H,32,33). The van der Waals surface area contributed by atoms with Gasteiger partial charge in [0, 0.05) is 24.4 Å². The Morgan fingerprint density at radius 1 is 0.943 bits per heavy atom. The molecular weight excluding hydrogens is 444 g/mol. The van der Waals surface area contributed by atoms with Crippen LogP contribution in [0.15, 0.2) is 48.5 Å². The fourth-order valence-corrected chi connectivity index (χ4v) is 6.78. The predicted octanol–water partition coefficient (Wildman–Crippen LogP) is 4.16. The number of fused-ring (bicyclic) bond motifs is 4. The summed E-state index contributed by atoms with van der Waals surface area (Å²) in [6, 6.07) is 16.5. The Kier molecular flexibility index (Phi) is 5.31. The Balaban J connectivity index is 1.02. The number of benzene rings is 2. The predicted molar refractivity (Wildman–Crippen MR) is 129 cm³/mol. The molecule has 5 aliphatic rings. The van der Waals surface area contributed by atoms with Gasteiger partial charge in [-0.2, -0.15) is 0 Å². The van der Waals surface area contributed by atoms with Crippen LogP contribution in [0.3, 0.4) is 0 Å². The summed E-state index contributed by atoms with van der Waals surface area (Å²) >= 11 is 0. The molecule has 7 heteroatoms. The number of hydrogen-bond acceptors (Lipinski definition) is 4. The molecule has 2 bridgehead atoms. The highest BCUT2D eigenvalue weighted by molar-refractivity contribution is 5.90. The van der Waals surface area contributed by atoms with E-state index in [0.29, 0.717) is 51.0 Å². The van der Waals surface area contributed by atoms with Crippen molar-refractivity contribution in [3.05, 3.63) is 59.7 Å². The topological polar surface area (TPSA) is 95.9 Å². The van der Waals surface area contributed by atoms with E-state index >= 15 is 0 Å². The van der Waals surface area contributed by atoms with E-state index in [2.05, 4.69) is 29.6 Å². The molecule has 3 aliphatic carbocycles. The van der Waals surface area contributed by atoms with E-state index in [-0.39, 0.29) is 30.4 Å². The first-order chi connectivity index (χ1) is 17.0. The first-order valence-corrected chi connectivity index (χ1v) is 12.6. The number of hydrogen-bond donors (Lipinski definition) is 2. The van der Waals surface area contributed by atoms with Crippen LogP contribution in [-0.2, 0) is 14.3 Å². The van der Waals surface area contributed by atoms with Crippen molar-refractivity contribution in [3.8, 4) is 11.1 Å². The number of nitrogens with zero attached hydrogens (tertiary/aromatic N) is 1. The van der Waals surface area contributed by atoms with Crippen molar-refractivity contribution in [2.45, 2.75) is 56.0 Å². The minimum Gasteiger partial charge on any atom is -0.479 e. The van der Waals surface area contributed by atoms with Gasteiger partial charge in [0.15, 0.2) is 0 Å². The second-order valence-corrected chi connectivity index (χ2v) is 10.6. The molecule has 7 rings (SSSR count). The number of alkyl carbamates (subject to hydrolysis) is 1. The first-order valence-electron chi connectivity index (χ1n) is 12.6. The normalized spacial score (nSPS) is 28.6. The molecule has 2 saturated carbocycles. The number of carbonyl (C=O) groups is 3. The van der Waals surface area contributed by atoms with E-state index in [4.69, 9.17) is 4.74 Å². The van der Waals surface area contributed by atoms with Gasteiger partial charge in [-0.25, -0.2) is 9.59 Å². The molecule has 0 atom stereocenters. The van der Waals surface area contributed by atoms with E-state index in [1.54, 1.807) is 4.90 Å². The molecule has 7 nitrogen and oxygen atoms in total. The molecule has 2 heterocycles. The van der Waals surface area contributed by atoms with Crippen molar-refractivity contribution >= 4 is 18.0 Å². The Bertz CT molecular complexity index is 1130. The number of carbonyl (C=O) groups excluding carboxylic acids is 2. The van der Waals surface area contributed by atoms with Crippen LogP contribution in [0, 0.1) is 11.8 Å². The summed E-state index contributed by atoms with van der Waals surface area (Å²) in [4.78, 5) is 39.1. The van der Waals surface area contributed by atoms with Crippen LogP contribution in [0.5, 0.6) is 0 Å². The molecule has 182 valence electrons. The lowest BCUT2D eigenvalue weighted by Gasteiger charge is -2.40. The van der Waals surface area contributed by atoms with Crippen LogP contribution in [0.25, 0.3) is 11.1 Å².